The summed E-state index contributed by atoms with van der Waals surface area (Å²) < 4.78 is 18.2. The topological polar surface area (TPSA) is 153 Å². The van der Waals surface area contributed by atoms with Gasteiger partial charge in [-0.05, 0) is 38.5 Å². The summed E-state index contributed by atoms with van der Waals surface area (Å²) in [6.07, 6.45) is 0. The third-order valence-electron chi connectivity index (χ3n) is 6.56. The zero-order valence-electron chi connectivity index (χ0n) is 21.9. The number of ether oxygens (including phenoxy) is 3. The lowest BCUT2D eigenvalue weighted by atomic mass is 9.77. The van der Waals surface area contributed by atoms with E-state index in [2.05, 4.69) is 11.2 Å². The minimum atomic E-state index is -1.10. The Hall–Kier alpha value is -4.98. The number of methoxy groups -OCH3 is 1. The molecule has 3 aromatic rings. The van der Waals surface area contributed by atoms with Crippen LogP contribution >= 0.6 is 0 Å². The van der Waals surface area contributed by atoms with E-state index < -0.39 is 22.7 Å². The molecule has 1 aromatic heterocycles. The Labute approximate surface area is 224 Å². The van der Waals surface area contributed by atoms with Crippen molar-refractivity contribution in [3.8, 4) is 11.8 Å². The lowest BCUT2D eigenvalue weighted by Gasteiger charge is -2.32. The molecule has 0 saturated heterocycles. The average Bonchev–Trinajstić information content (AvgIpc) is 3.20. The average molecular weight is 530 g/mol. The fourth-order valence-corrected chi connectivity index (χ4v) is 4.79. The first-order valence-corrected chi connectivity index (χ1v) is 12.2. The number of benzene rings is 2. The quantitative estimate of drug-likeness (QED) is 0.251. The van der Waals surface area contributed by atoms with Crippen molar-refractivity contribution in [2.45, 2.75) is 33.2 Å². The molecule has 1 aliphatic rings. The molecule has 2 heterocycles. The molecular formula is C28H27N5O6. The summed E-state index contributed by atoms with van der Waals surface area (Å²) >= 11 is 0. The number of carbonyl (C=O) groups is 1. The van der Waals surface area contributed by atoms with Gasteiger partial charge in [0.1, 0.15) is 28.8 Å². The number of esters is 1. The number of hydrogen-bond donors (Lipinski definition) is 1. The zero-order valence-corrected chi connectivity index (χ0v) is 21.9. The molecule has 0 amide bonds. The first-order valence-electron chi connectivity index (χ1n) is 12.2. The van der Waals surface area contributed by atoms with Crippen molar-refractivity contribution < 1.29 is 23.9 Å². The largest absolute Gasteiger partial charge is 0.496 e. The highest BCUT2D eigenvalue weighted by atomic mass is 16.6. The molecule has 4 rings (SSSR count). The Morgan fingerprint density at radius 3 is 2.56 bits per heavy atom. The lowest BCUT2D eigenvalue weighted by molar-refractivity contribution is -0.386. The van der Waals surface area contributed by atoms with Gasteiger partial charge in [0.05, 0.1) is 36.8 Å². The molecule has 200 valence electrons. The number of nitrogens with zero attached hydrogens (tertiary/aromatic N) is 4. The summed E-state index contributed by atoms with van der Waals surface area (Å²) in [6, 6.07) is 16.2. The van der Waals surface area contributed by atoms with E-state index in [-0.39, 0.29) is 41.8 Å². The van der Waals surface area contributed by atoms with Crippen LogP contribution in [0.25, 0.3) is 5.76 Å². The van der Waals surface area contributed by atoms with Gasteiger partial charge in [-0.2, -0.15) is 10.4 Å². The second-order valence-electron chi connectivity index (χ2n) is 8.89. The molecule has 1 aliphatic heterocycles. The molecule has 0 aliphatic carbocycles. The van der Waals surface area contributed by atoms with Crippen LogP contribution in [0.15, 0.2) is 54.1 Å². The molecule has 0 fully saturated rings. The molecule has 0 spiro atoms. The molecule has 2 aromatic carbocycles. The van der Waals surface area contributed by atoms with Gasteiger partial charge in [-0.25, -0.2) is 4.79 Å². The van der Waals surface area contributed by atoms with Crippen LogP contribution in [0, 0.1) is 46.6 Å². The van der Waals surface area contributed by atoms with Crippen molar-refractivity contribution in [3.05, 3.63) is 92.3 Å². The zero-order chi connectivity index (χ0) is 28.3. The van der Waals surface area contributed by atoms with E-state index in [9.17, 15) is 20.2 Å². The normalized spacial score (nSPS) is 16.8. The number of carbonyl (C=O) groups excluding carboxylic acids is 1. The number of nitrogens with one attached hydrogen (secondary N) is 1. The van der Waals surface area contributed by atoms with Gasteiger partial charge in [-0.1, -0.05) is 36.4 Å². The van der Waals surface area contributed by atoms with Crippen LogP contribution in [0.4, 0.5) is 5.69 Å². The van der Waals surface area contributed by atoms with E-state index >= 15 is 0 Å². The van der Waals surface area contributed by atoms with Gasteiger partial charge in [0.25, 0.3) is 0 Å². The van der Waals surface area contributed by atoms with Gasteiger partial charge >= 0.3 is 11.7 Å². The van der Waals surface area contributed by atoms with Gasteiger partial charge in [-0.3, -0.25) is 20.2 Å². The molecule has 11 nitrogen and oxygen atoms in total. The number of nitriles is 1. The fourth-order valence-electron chi connectivity index (χ4n) is 4.79. The number of nitro groups is 1. The standard InChI is InChI=1S/C28H27N5O6/c1-5-38-28(34)24-23(21(14-29)27(30)39-26(24)18-9-7-6-8-10-18)19-11-12-22(37-4)20(13-19)15-32-17(3)25(33(35)36)16(2)31-32/h6-13,21,23,30H,5,15H2,1-4H3. The van der Waals surface area contributed by atoms with Crippen molar-refractivity contribution >= 4 is 23.3 Å². The van der Waals surface area contributed by atoms with Crippen molar-refractivity contribution in [1.29, 1.82) is 10.7 Å². The first-order chi connectivity index (χ1) is 18.7. The van der Waals surface area contributed by atoms with Crippen LogP contribution in [-0.2, 0) is 20.8 Å². The Bertz CT molecular complexity index is 1520. The van der Waals surface area contributed by atoms with Gasteiger partial charge < -0.3 is 14.2 Å². The van der Waals surface area contributed by atoms with Crippen molar-refractivity contribution in [2.75, 3.05) is 13.7 Å². The second-order valence-corrected chi connectivity index (χ2v) is 8.89. The minimum absolute atomic E-state index is 0.0624. The highest BCUT2D eigenvalue weighted by Gasteiger charge is 2.43. The summed E-state index contributed by atoms with van der Waals surface area (Å²) in [5.41, 5.74) is 2.47. The molecule has 2 atom stereocenters. The van der Waals surface area contributed by atoms with E-state index in [0.717, 1.165) is 0 Å². The first kappa shape index (κ1) is 27.1. The van der Waals surface area contributed by atoms with Crippen molar-refractivity contribution in [2.24, 2.45) is 5.92 Å². The van der Waals surface area contributed by atoms with Gasteiger partial charge in [-0.15, -0.1) is 0 Å². The Morgan fingerprint density at radius 2 is 1.97 bits per heavy atom. The van der Waals surface area contributed by atoms with Crippen LogP contribution in [0.5, 0.6) is 5.75 Å². The summed E-state index contributed by atoms with van der Waals surface area (Å²) in [5.74, 6) is -2.28. The smallest absolute Gasteiger partial charge is 0.338 e. The van der Waals surface area contributed by atoms with Crippen molar-refractivity contribution in [1.82, 2.24) is 9.78 Å². The fraction of sp³-hybridized carbons (Fsp3) is 0.286. The third-order valence-corrected chi connectivity index (χ3v) is 6.56. The maximum Gasteiger partial charge on any atom is 0.338 e. The molecular weight excluding hydrogens is 502 g/mol. The summed E-state index contributed by atoms with van der Waals surface area (Å²) in [7, 11) is 1.50. The summed E-state index contributed by atoms with van der Waals surface area (Å²) in [5, 5.41) is 34.4. The molecule has 0 radical (unpaired) electrons. The number of rotatable bonds is 8. The number of aryl methyl sites for hydroxylation is 1. The molecule has 2 unspecified atom stereocenters. The minimum Gasteiger partial charge on any atom is -0.496 e. The molecule has 1 N–H and O–H groups in total. The Morgan fingerprint density at radius 1 is 1.26 bits per heavy atom. The van der Waals surface area contributed by atoms with E-state index in [1.54, 1.807) is 63.2 Å². The summed E-state index contributed by atoms with van der Waals surface area (Å²) in [4.78, 5) is 24.4. The van der Waals surface area contributed by atoms with Crippen LogP contribution < -0.4 is 4.74 Å². The van der Waals surface area contributed by atoms with Crippen LogP contribution in [0.2, 0.25) is 0 Å². The van der Waals surface area contributed by atoms with Crippen LogP contribution in [0.1, 0.15) is 40.9 Å². The predicted molar refractivity (Wildman–Crippen MR) is 141 cm³/mol. The lowest BCUT2D eigenvalue weighted by Crippen LogP contribution is -2.33. The maximum absolute atomic E-state index is 13.3. The number of aromatic nitrogens is 2. The maximum atomic E-state index is 13.3. The van der Waals surface area contributed by atoms with Crippen molar-refractivity contribution in [3.63, 3.8) is 0 Å². The highest BCUT2D eigenvalue weighted by Crippen LogP contribution is 2.44. The van der Waals surface area contributed by atoms with Gasteiger partial charge in [0.15, 0.2) is 0 Å². The molecule has 0 saturated carbocycles. The van der Waals surface area contributed by atoms with E-state index in [1.165, 1.54) is 11.8 Å². The van der Waals surface area contributed by atoms with Gasteiger partial charge in [0.2, 0.25) is 5.90 Å². The van der Waals surface area contributed by atoms with E-state index in [4.69, 9.17) is 19.6 Å². The predicted octanol–water partition coefficient (Wildman–Crippen LogP) is 4.67. The SMILES string of the molecule is CCOC(=O)C1=C(c2ccccc2)OC(=N)C(C#N)C1c1ccc(OC)c(Cn2nc(C)c([N+](=O)[O-])c2C)c1. The Balaban J connectivity index is 1.90. The molecule has 39 heavy (non-hydrogen) atoms. The third kappa shape index (κ3) is 5.09. The summed E-state index contributed by atoms with van der Waals surface area (Å²) in [6.45, 7) is 5.12. The number of hydrogen-bond acceptors (Lipinski definition) is 9. The van der Waals surface area contributed by atoms with Crippen LogP contribution in [0.3, 0.4) is 0 Å². The van der Waals surface area contributed by atoms with E-state index in [1.807, 2.05) is 6.07 Å². The second kappa shape index (κ2) is 11.2. The molecule has 11 heteroatoms. The Kier molecular flexibility index (Phi) is 7.76. The highest BCUT2D eigenvalue weighted by molar-refractivity contribution is 6.03. The van der Waals surface area contributed by atoms with Gasteiger partial charge in [0, 0.05) is 17.0 Å². The monoisotopic (exact) mass is 529 g/mol. The molecule has 0 bridgehead atoms. The van der Waals surface area contributed by atoms with E-state index in [0.29, 0.717) is 28.1 Å². The van der Waals surface area contributed by atoms with Crippen LogP contribution in [-0.4, -0.2) is 40.3 Å².